The Morgan fingerprint density at radius 1 is 1.37 bits per heavy atom. The summed E-state index contributed by atoms with van der Waals surface area (Å²) < 4.78 is 23.4. The van der Waals surface area contributed by atoms with Gasteiger partial charge in [0.05, 0.1) is 31.0 Å². The second-order valence-corrected chi connectivity index (χ2v) is 9.80. The molecule has 2 aliphatic rings. The van der Waals surface area contributed by atoms with Crippen molar-refractivity contribution in [3.05, 3.63) is 23.8 Å². The number of hydrogen-bond acceptors (Lipinski definition) is 6. The summed E-state index contributed by atoms with van der Waals surface area (Å²) in [5.74, 6) is -0.723. The van der Waals surface area contributed by atoms with Crippen LogP contribution in [0.1, 0.15) is 67.2 Å². The number of alkyl carbamates (subject to hydrolysis) is 1. The van der Waals surface area contributed by atoms with Crippen molar-refractivity contribution >= 4 is 6.09 Å². The smallest absolute Gasteiger partial charge is 0.408 e. The van der Waals surface area contributed by atoms with Gasteiger partial charge < -0.3 is 29.4 Å². The van der Waals surface area contributed by atoms with Crippen molar-refractivity contribution in [3.8, 4) is 0 Å². The molecule has 0 aromatic carbocycles. The molecule has 0 unspecified atom stereocenters. The van der Waals surface area contributed by atoms with Crippen molar-refractivity contribution in [3.63, 3.8) is 0 Å². The average molecular weight is 426 g/mol. The minimum Gasteiger partial charge on any atom is -0.444 e. The first-order valence-corrected chi connectivity index (χ1v) is 10.8. The standard InChI is InChI=1S/C23H39NO6/c1-15-10-17(8-9-25)28-18(11-15)12-16(2)13-20-19(14-27-23(6,7)29-20)24-21(26)30-22(3,4)5/h12,17-20,25H,1,8-11,13-14H2,2-7H3,(H,24,26)/b16-12+/t17-,18-,19-,20-/m0/s1. The van der Waals surface area contributed by atoms with E-state index in [1.54, 1.807) is 0 Å². The number of rotatable bonds is 6. The van der Waals surface area contributed by atoms with Crippen LogP contribution in [0.4, 0.5) is 4.79 Å². The molecular weight excluding hydrogens is 386 g/mol. The second-order valence-electron chi connectivity index (χ2n) is 9.80. The van der Waals surface area contributed by atoms with Gasteiger partial charge in [0.2, 0.25) is 0 Å². The van der Waals surface area contributed by atoms with Gasteiger partial charge in [-0.3, -0.25) is 0 Å². The quantitative estimate of drug-likeness (QED) is 0.629. The molecule has 0 spiro atoms. The summed E-state index contributed by atoms with van der Waals surface area (Å²) in [6, 6.07) is -0.319. The molecule has 2 saturated heterocycles. The van der Waals surface area contributed by atoms with Crippen LogP contribution in [0.5, 0.6) is 0 Å². The number of carbonyl (C=O) groups is 1. The Morgan fingerprint density at radius 2 is 2.07 bits per heavy atom. The normalized spacial score (nSPS) is 30.1. The van der Waals surface area contributed by atoms with Gasteiger partial charge >= 0.3 is 6.09 Å². The van der Waals surface area contributed by atoms with Crippen LogP contribution in [-0.2, 0) is 18.9 Å². The summed E-state index contributed by atoms with van der Waals surface area (Å²) in [6.07, 6.45) is 4.12. The zero-order chi connectivity index (χ0) is 22.5. The third-order valence-electron chi connectivity index (χ3n) is 5.01. The number of hydrogen-bond donors (Lipinski definition) is 2. The maximum atomic E-state index is 12.3. The summed E-state index contributed by atoms with van der Waals surface area (Å²) in [4.78, 5) is 12.3. The topological polar surface area (TPSA) is 86.3 Å². The van der Waals surface area contributed by atoms with Gasteiger partial charge in [-0.1, -0.05) is 23.8 Å². The molecule has 2 fully saturated rings. The molecule has 0 aromatic rings. The van der Waals surface area contributed by atoms with Crippen LogP contribution in [0.25, 0.3) is 0 Å². The monoisotopic (exact) mass is 425 g/mol. The highest BCUT2D eigenvalue weighted by Gasteiger charge is 2.38. The number of nitrogens with one attached hydrogen (secondary N) is 1. The van der Waals surface area contributed by atoms with E-state index in [-0.39, 0.29) is 31.0 Å². The molecule has 0 radical (unpaired) electrons. The minimum absolute atomic E-state index is 0.00477. The Balaban J connectivity index is 2.03. The molecule has 7 heteroatoms. The molecule has 2 aliphatic heterocycles. The Kier molecular flexibility index (Phi) is 8.51. The molecule has 4 atom stereocenters. The van der Waals surface area contributed by atoms with Gasteiger partial charge in [-0.05, 0) is 67.2 Å². The molecule has 0 aromatic heterocycles. The van der Waals surface area contributed by atoms with Crippen molar-refractivity contribution in [2.45, 2.75) is 103 Å². The van der Waals surface area contributed by atoms with Gasteiger partial charge in [0.25, 0.3) is 0 Å². The number of ether oxygens (including phenoxy) is 4. The Morgan fingerprint density at radius 3 is 2.70 bits per heavy atom. The van der Waals surface area contributed by atoms with Gasteiger partial charge in [0.1, 0.15) is 5.60 Å². The van der Waals surface area contributed by atoms with Crippen LogP contribution in [0.2, 0.25) is 0 Å². The largest absolute Gasteiger partial charge is 0.444 e. The molecular formula is C23H39NO6. The first-order valence-electron chi connectivity index (χ1n) is 10.8. The van der Waals surface area contributed by atoms with E-state index in [0.29, 0.717) is 19.4 Å². The van der Waals surface area contributed by atoms with E-state index < -0.39 is 17.5 Å². The van der Waals surface area contributed by atoms with Gasteiger partial charge in [-0.2, -0.15) is 0 Å². The van der Waals surface area contributed by atoms with E-state index >= 15 is 0 Å². The lowest BCUT2D eigenvalue weighted by Crippen LogP contribution is -2.56. The third kappa shape index (κ3) is 8.38. The van der Waals surface area contributed by atoms with E-state index in [4.69, 9.17) is 18.9 Å². The highest BCUT2D eigenvalue weighted by Crippen LogP contribution is 2.29. The Labute approximate surface area is 180 Å². The summed E-state index contributed by atoms with van der Waals surface area (Å²) in [7, 11) is 0. The number of aliphatic hydroxyl groups excluding tert-OH is 1. The lowest BCUT2D eigenvalue weighted by atomic mass is 9.95. The zero-order valence-corrected chi connectivity index (χ0v) is 19.3. The lowest BCUT2D eigenvalue weighted by Gasteiger charge is -2.41. The van der Waals surface area contributed by atoms with Gasteiger partial charge in [-0.25, -0.2) is 4.79 Å². The second kappa shape index (κ2) is 10.3. The molecule has 2 heterocycles. The summed E-state index contributed by atoms with van der Waals surface area (Å²) in [6.45, 7) is 15.8. The van der Waals surface area contributed by atoms with Crippen LogP contribution in [-0.4, -0.2) is 60.2 Å². The fourth-order valence-corrected chi connectivity index (χ4v) is 3.80. The van der Waals surface area contributed by atoms with E-state index in [9.17, 15) is 9.90 Å². The predicted molar refractivity (Wildman–Crippen MR) is 115 cm³/mol. The average Bonchev–Trinajstić information content (AvgIpc) is 2.55. The van der Waals surface area contributed by atoms with Crippen molar-refractivity contribution < 1.29 is 28.8 Å². The van der Waals surface area contributed by atoms with Crippen LogP contribution in [0.15, 0.2) is 23.8 Å². The van der Waals surface area contributed by atoms with E-state index in [0.717, 1.165) is 24.0 Å². The van der Waals surface area contributed by atoms with E-state index in [1.807, 2.05) is 41.5 Å². The predicted octanol–water partition coefficient (Wildman–Crippen LogP) is 3.85. The van der Waals surface area contributed by atoms with Crippen LogP contribution in [0.3, 0.4) is 0 Å². The molecule has 0 saturated carbocycles. The van der Waals surface area contributed by atoms with Gasteiger partial charge in [-0.15, -0.1) is 0 Å². The molecule has 2 N–H and O–H groups in total. The molecule has 2 rings (SSSR count). The summed E-state index contributed by atoms with van der Waals surface area (Å²) in [5, 5.41) is 12.1. The van der Waals surface area contributed by atoms with Crippen LogP contribution >= 0.6 is 0 Å². The number of aliphatic hydroxyl groups is 1. The minimum atomic E-state index is -0.723. The highest BCUT2D eigenvalue weighted by atomic mass is 16.7. The molecule has 1 amide bonds. The zero-order valence-electron chi connectivity index (χ0n) is 19.3. The van der Waals surface area contributed by atoms with E-state index in [2.05, 4.69) is 18.0 Å². The molecule has 7 nitrogen and oxygen atoms in total. The third-order valence-corrected chi connectivity index (χ3v) is 5.01. The maximum Gasteiger partial charge on any atom is 0.408 e. The van der Waals surface area contributed by atoms with Crippen molar-refractivity contribution in [2.24, 2.45) is 0 Å². The molecule has 172 valence electrons. The molecule has 0 bridgehead atoms. The lowest BCUT2D eigenvalue weighted by molar-refractivity contribution is -0.281. The van der Waals surface area contributed by atoms with Crippen molar-refractivity contribution in [1.29, 1.82) is 0 Å². The number of carbonyl (C=O) groups excluding carboxylic acids is 1. The highest BCUT2D eigenvalue weighted by molar-refractivity contribution is 5.68. The maximum absolute atomic E-state index is 12.3. The summed E-state index contributed by atoms with van der Waals surface area (Å²) in [5.41, 5.74) is 1.68. The van der Waals surface area contributed by atoms with E-state index in [1.165, 1.54) is 0 Å². The van der Waals surface area contributed by atoms with Crippen LogP contribution in [0, 0.1) is 0 Å². The van der Waals surface area contributed by atoms with Crippen molar-refractivity contribution in [2.75, 3.05) is 13.2 Å². The number of amides is 1. The Hall–Kier alpha value is -1.41. The molecule has 0 aliphatic carbocycles. The van der Waals surface area contributed by atoms with Crippen LogP contribution < -0.4 is 5.32 Å². The fourth-order valence-electron chi connectivity index (χ4n) is 3.80. The van der Waals surface area contributed by atoms with Gasteiger partial charge in [0, 0.05) is 6.61 Å². The summed E-state index contributed by atoms with van der Waals surface area (Å²) >= 11 is 0. The first kappa shape index (κ1) is 24.9. The fraction of sp³-hybridized carbons (Fsp3) is 0.783. The SMILES string of the molecule is C=C1C[C@H](CCO)O[C@H](/C=C(\C)C[C@@H]2OC(C)(C)OC[C@@H]2NC(=O)OC(C)(C)C)C1. The molecule has 30 heavy (non-hydrogen) atoms. The van der Waals surface area contributed by atoms with Crippen molar-refractivity contribution in [1.82, 2.24) is 5.32 Å². The Bertz CT molecular complexity index is 636. The van der Waals surface area contributed by atoms with Gasteiger partial charge in [0.15, 0.2) is 5.79 Å². The first-order chi connectivity index (χ1) is 13.9.